The van der Waals surface area contributed by atoms with Crippen LogP contribution >= 0.6 is 11.3 Å². The fraction of sp³-hybridized carbons (Fsp3) is 0.500. The van der Waals surface area contributed by atoms with Crippen molar-refractivity contribution in [2.45, 2.75) is 52.1 Å². The van der Waals surface area contributed by atoms with Gasteiger partial charge in [-0.25, -0.2) is 4.98 Å². The number of nitrogens with zero attached hydrogens (tertiary/aromatic N) is 2. The summed E-state index contributed by atoms with van der Waals surface area (Å²) in [5.74, 6) is -0.0380. The number of carbonyl (C=O) groups is 1. The summed E-state index contributed by atoms with van der Waals surface area (Å²) in [6.07, 6.45) is 4.28. The van der Waals surface area contributed by atoms with Gasteiger partial charge in [-0.3, -0.25) is 9.69 Å². The number of rotatable bonds is 5. The summed E-state index contributed by atoms with van der Waals surface area (Å²) in [6, 6.07) is 8.40. The van der Waals surface area contributed by atoms with Gasteiger partial charge < -0.3 is 5.32 Å². The number of likely N-dealkylation sites (tertiary alicyclic amines) is 1. The lowest BCUT2D eigenvalue weighted by Crippen LogP contribution is -2.24. The third-order valence-corrected chi connectivity index (χ3v) is 5.94. The van der Waals surface area contributed by atoms with Crippen LogP contribution in [0.5, 0.6) is 0 Å². The second-order valence-corrected chi connectivity index (χ2v) is 8.74. The Morgan fingerprint density at radius 3 is 2.52 bits per heavy atom. The first-order valence-electron chi connectivity index (χ1n) is 8.97. The van der Waals surface area contributed by atoms with Crippen molar-refractivity contribution in [2.24, 2.45) is 0 Å². The fourth-order valence-electron chi connectivity index (χ4n) is 3.05. The van der Waals surface area contributed by atoms with E-state index in [0.717, 1.165) is 11.6 Å². The molecule has 0 spiro atoms. The van der Waals surface area contributed by atoms with Crippen molar-refractivity contribution in [1.29, 1.82) is 0 Å². The number of amides is 1. The summed E-state index contributed by atoms with van der Waals surface area (Å²) in [5, 5.41) is 4.05. The van der Waals surface area contributed by atoms with Crippen molar-refractivity contribution in [2.75, 3.05) is 13.1 Å². The van der Waals surface area contributed by atoms with Crippen LogP contribution in [-0.2, 0) is 18.5 Å². The second kappa shape index (κ2) is 7.67. The molecule has 0 saturated carbocycles. The van der Waals surface area contributed by atoms with Crippen LogP contribution in [0.3, 0.4) is 0 Å². The molecule has 25 heavy (non-hydrogen) atoms. The zero-order chi connectivity index (χ0) is 17.9. The third-order valence-electron chi connectivity index (χ3n) is 4.52. The highest BCUT2D eigenvalue weighted by Crippen LogP contribution is 2.26. The minimum absolute atomic E-state index is 0.0223. The van der Waals surface area contributed by atoms with Crippen LogP contribution in [0.2, 0.25) is 0 Å². The second-order valence-electron chi connectivity index (χ2n) is 7.71. The third kappa shape index (κ3) is 4.67. The lowest BCUT2D eigenvalue weighted by atomic mass is 9.98. The quantitative estimate of drug-likeness (QED) is 0.881. The van der Waals surface area contributed by atoms with E-state index < -0.39 is 0 Å². The van der Waals surface area contributed by atoms with Gasteiger partial charge >= 0.3 is 0 Å². The van der Waals surface area contributed by atoms with E-state index in [1.54, 1.807) is 6.20 Å². The first kappa shape index (κ1) is 18.1. The van der Waals surface area contributed by atoms with Gasteiger partial charge in [-0.15, -0.1) is 11.3 Å². The molecule has 134 valence electrons. The molecular formula is C20H27N3OS. The van der Waals surface area contributed by atoms with E-state index in [9.17, 15) is 4.79 Å². The molecule has 4 nitrogen and oxygen atoms in total. The van der Waals surface area contributed by atoms with Crippen LogP contribution in [0, 0.1) is 0 Å². The minimum atomic E-state index is -0.0380. The Hall–Kier alpha value is -1.72. The topological polar surface area (TPSA) is 45.2 Å². The lowest BCUT2D eigenvalue weighted by Gasteiger charge is -2.17. The molecule has 1 N–H and O–H groups in total. The minimum Gasteiger partial charge on any atom is -0.347 e. The summed E-state index contributed by atoms with van der Waals surface area (Å²) < 4.78 is 0. The molecular weight excluding hydrogens is 330 g/mol. The summed E-state index contributed by atoms with van der Waals surface area (Å²) in [6.45, 7) is 10.2. The van der Waals surface area contributed by atoms with Crippen molar-refractivity contribution in [1.82, 2.24) is 15.2 Å². The van der Waals surface area contributed by atoms with Crippen LogP contribution in [0.1, 0.15) is 59.4 Å². The van der Waals surface area contributed by atoms with Gasteiger partial charge in [-0.05, 0) is 37.1 Å². The number of hydrogen-bond acceptors (Lipinski definition) is 4. The summed E-state index contributed by atoms with van der Waals surface area (Å²) in [4.78, 5) is 20.0. The van der Waals surface area contributed by atoms with E-state index in [4.69, 9.17) is 0 Å². The molecule has 1 fully saturated rings. The van der Waals surface area contributed by atoms with Gasteiger partial charge in [0.15, 0.2) is 0 Å². The van der Waals surface area contributed by atoms with Gasteiger partial charge in [0.25, 0.3) is 5.91 Å². The Bertz CT molecular complexity index is 727. The number of thiazole rings is 1. The highest BCUT2D eigenvalue weighted by Gasteiger charge is 2.20. The van der Waals surface area contributed by atoms with Crippen molar-refractivity contribution < 1.29 is 4.79 Å². The SMILES string of the molecule is CC(C)(C)c1ncc(C(=O)NCc2ccccc2CN2CCCC2)s1. The van der Waals surface area contributed by atoms with E-state index in [2.05, 4.69) is 54.2 Å². The zero-order valence-electron chi connectivity index (χ0n) is 15.3. The molecule has 2 heterocycles. The zero-order valence-corrected chi connectivity index (χ0v) is 16.2. The largest absolute Gasteiger partial charge is 0.347 e. The van der Waals surface area contributed by atoms with Gasteiger partial charge in [0.1, 0.15) is 4.88 Å². The maximum atomic E-state index is 12.5. The maximum absolute atomic E-state index is 12.5. The molecule has 1 amide bonds. The standard InChI is InChI=1S/C20H27N3OS/c1-20(2,3)19-22-13-17(25-19)18(24)21-12-15-8-4-5-9-16(15)14-23-10-6-7-11-23/h4-5,8-9,13H,6-7,10-12,14H2,1-3H3,(H,21,24). The Labute approximate surface area is 154 Å². The molecule has 0 bridgehead atoms. The Kier molecular flexibility index (Phi) is 5.54. The molecule has 1 aromatic carbocycles. The number of aromatic nitrogens is 1. The van der Waals surface area contributed by atoms with Crippen LogP contribution in [0.25, 0.3) is 0 Å². The van der Waals surface area contributed by atoms with Crippen molar-refractivity contribution in [3.05, 3.63) is 51.5 Å². The molecule has 0 aliphatic carbocycles. The lowest BCUT2D eigenvalue weighted by molar-refractivity contribution is 0.0954. The van der Waals surface area contributed by atoms with E-state index in [-0.39, 0.29) is 11.3 Å². The predicted molar refractivity (Wildman–Crippen MR) is 103 cm³/mol. The average molecular weight is 358 g/mol. The number of benzene rings is 1. The van der Waals surface area contributed by atoms with Crippen molar-refractivity contribution in [3.8, 4) is 0 Å². The molecule has 0 unspecified atom stereocenters. The van der Waals surface area contributed by atoms with Gasteiger partial charge in [0.2, 0.25) is 0 Å². The van der Waals surface area contributed by atoms with E-state index in [0.29, 0.717) is 11.4 Å². The van der Waals surface area contributed by atoms with Gasteiger partial charge in [0.05, 0.1) is 11.2 Å². The van der Waals surface area contributed by atoms with Crippen LogP contribution < -0.4 is 5.32 Å². The van der Waals surface area contributed by atoms with Crippen LogP contribution in [0.4, 0.5) is 0 Å². The predicted octanol–water partition coefficient (Wildman–Crippen LogP) is 3.97. The molecule has 0 atom stereocenters. The molecule has 1 aliphatic rings. The fourth-order valence-corrected chi connectivity index (χ4v) is 3.94. The normalized spacial score (nSPS) is 15.5. The van der Waals surface area contributed by atoms with E-state index in [1.165, 1.54) is 48.4 Å². The Morgan fingerprint density at radius 2 is 1.88 bits per heavy atom. The molecule has 5 heteroatoms. The van der Waals surface area contributed by atoms with E-state index >= 15 is 0 Å². The summed E-state index contributed by atoms with van der Waals surface area (Å²) in [7, 11) is 0. The molecule has 3 rings (SSSR count). The van der Waals surface area contributed by atoms with Crippen molar-refractivity contribution in [3.63, 3.8) is 0 Å². The van der Waals surface area contributed by atoms with E-state index in [1.807, 2.05) is 6.07 Å². The van der Waals surface area contributed by atoms with Gasteiger partial charge in [-0.1, -0.05) is 45.0 Å². The van der Waals surface area contributed by atoms with Gasteiger partial charge in [-0.2, -0.15) is 0 Å². The molecule has 1 aromatic heterocycles. The van der Waals surface area contributed by atoms with Gasteiger partial charge in [0, 0.05) is 18.5 Å². The number of nitrogens with one attached hydrogen (secondary N) is 1. The number of hydrogen-bond donors (Lipinski definition) is 1. The molecule has 2 aromatic rings. The summed E-state index contributed by atoms with van der Waals surface area (Å²) >= 11 is 1.48. The van der Waals surface area contributed by atoms with Crippen LogP contribution in [0.15, 0.2) is 30.5 Å². The monoisotopic (exact) mass is 357 g/mol. The smallest absolute Gasteiger partial charge is 0.263 e. The first-order chi connectivity index (χ1) is 11.9. The average Bonchev–Trinajstić information content (AvgIpc) is 3.25. The summed E-state index contributed by atoms with van der Waals surface area (Å²) in [5.41, 5.74) is 2.48. The highest BCUT2D eigenvalue weighted by atomic mass is 32.1. The Morgan fingerprint density at radius 1 is 1.20 bits per heavy atom. The first-order valence-corrected chi connectivity index (χ1v) is 9.79. The molecule has 1 saturated heterocycles. The number of carbonyl (C=O) groups excluding carboxylic acids is 1. The van der Waals surface area contributed by atoms with Crippen molar-refractivity contribution >= 4 is 17.2 Å². The Balaban J connectivity index is 1.63. The molecule has 0 radical (unpaired) electrons. The highest BCUT2D eigenvalue weighted by molar-refractivity contribution is 7.13. The molecule has 1 aliphatic heterocycles. The van der Waals surface area contributed by atoms with Crippen LogP contribution in [-0.4, -0.2) is 28.9 Å². The maximum Gasteiger partial charge on any atom is 0.263 e.